The van der Waals surface area contributed by atoms with Crippen LogP contribution in [0.5, 0.6) is 0 Å². The smallest absolute Gasteiger partial charge is 0.114 e. The second kappa shape index (κ2) is 13.4. The molecule has 0 aliphatic heterocycles. The molecule has 1 aliphatic rings. The van der Waals surface area contributed by atoms with Crippen LogP contribution in [0.3, 0.4) is 0 Å². The van der Waals surface area contributed by atoms with Crippen molar-refractivity contribution in [2.75, 3.05) is 0 Å². The van der Waals surface area contributed by atoms with Crippen LogP contribution >= 0.6 is 0 Å². The molecule has 3 heterocycles. The summed E-state index contributed by atoms with van der Waals surface area (Å²) < 4.78 is 2.30. The van der Waals surface area contributed by atoms with Crippen molar-refractivity contribution in [1.29, 1.82) is 0 Å². The summed E-state index contributed by atoms with van der Waals surface area (Å²) >= 11 is 0. The lowest BCUT2D eigenvalue weighted by atomic mass is 9.81. The minimum Gasteiger partial charge on any atom is -0.296 e. The number of fused-ring (bicyclic) bond motifs is 4. The number of hydrogen-bond donors (Lipinski definition) is 0. The third-order valence-corrected chi connectivity index (χ3v) is 11.5. The molecule has 0 bridgehead atoms. The Morgan fingerprint density at radius 3 is 1.68 bits per heavy atom. The largest absolute Gasteiger partial charge is 0.296 e. The molecule has 0 saturated heterocycles. The van der Waals surface area contributed by atoms with Crippen LogP contribution < -0.4 is 0 Å². The number of benzene rings is 7. The number of aromatic nitrogens is 4. The van der Waals surface area contributed by atoms with Crippen LogP contribution in [0.4, 0.5) is 0 Å². The maximum Gasteiger partial charge on any atom is 0.114 e. The van der Waals surface area contributed by atoms with E-state index in [0.717, 1.165) is 56.8 Å². The average Bonchev–Trinajstić information content (AvgIpc) is 3.84. The summed E-state index contributed by atoms with van der Waals surface area (Å²) in [6.07, 6.45) is 8.30. The van der Waals surface area contributed by atoms with Crippen LogP contribution in [0.1, 0.15) is 12.7 Å². The van der Waals surface area contributed by atoms with Gasteiger partial charge in [0.1, 0.15) is 5.82 Å². The molecule has 0 fully saturated rings. The minimum absolute atomic E-state index is 0.841. The molecule has 10 aromatic rings. The monoisotopic (exact) mass is 728 g/mol. The summed E-state index contributed by atoms with van der Waals surface area (Å²) in [4.78, 5) is 13.6. The fourth-order valence-electron chi connectivity index (χ4n) is 8.95. The molecule has 0 atom stereocenters. The first-order valence-corrected chi connectivity index (χ1v) is 19.6. The van der Waals surface area contributed by atoms with Gasteiger partial charge in [-0.25, -0.2) is 4.98 Å². The predicted octanol–water partition coefficient (Wildman–Crippen LogP) is 13.5. The van der Waals surface area contributed by atoms with E-state index in [-0.39, 0.29) is 0 Å². The molecule has 57 heavy (non-hydrogen) atoms. The number of hydrogen-bond acceptors (Lipinski definition) is 3. The molecule has 0 N–H and O–H groups in total. The fraction of sp³-hybridized carbons (Fsp3) is 0.0377. The predicted molar refractivity (Wildman–Crippen MR) is 235 cm³/mol. The van der Waals surface area contributed by atoms with Crippen LogP contribution in [0, 0.1) is 0 Å². The Balaban J connectivity index is 1.21. The zero-order chi connectivity index (χ0) is 37.9. The Labute approximate surface area is 331 Å². The number of para-hydroxylation sites is 2. The van der Waals surface area contributed by atoms with Crippen molar-refractivity contribution in [1.82, 2.24) is 19.5 Å². The van der Waals surface area contributed by atoms with Crippen molar-refractivity contribution in [2.45, 2.75) is 13.3 Å². The van der Waals surface area contributed by atoms with Gasteiger partial charge in [-0.2, -0.15) is 0 Å². The molecule has 11 rings (SSSR count). The van der Waals surface area contributed by atoms with Crippen molar-refractivity contribution >= 4 is 21.8 Å². The maximum absolute atomic E-state index is 4.98. The maximum atomic E-state index is 4.98. The lowest BCUT2D eigenvalue weighted by molar-refractivity contribution is 0.908. The van der Waals surface area contributed by atoms with Gasteiger partial charge in [0.25, 0.3) is 0 Å². The van der Waals surface area contributed by atoms with E-state index in [9.17, 15) is 0 Å². The molecule has 1 aliphatic carbocycles. The first kappa shape index (κ1) is 33.0. The Hall–Kier alpha value is -7.43. The topological polar surface area (TPSA) is 43.6 Å². The van der Waals surface area contributed by atoms with E-state index in [1.54, 1.807) is 0 Å². The van der Waals surface area contributed by atoms with E-state index < -0.39 is 0 Å². The summed E-state index contributed by atoms with van der Waals surface area (Å²) in [5.74, 6) is 1.05. The number of pyridine rings is 2. The van der Waals surface area contributed by atoms with Crippen LogP contribution in [-0.2, 0) is 6.42 Å². The molecule has 0 unspecified atom stereocenters. The SMILES string of the molecule is CCc1nc2ccccc2n1-c1ccc(-c2cc(-c3cccc(-c4ccncc4)c3)c3c(c2-c2cccc(-c4ccncc4)c2)-c2cccc4cccc-3c24)cc1. The summed E-state index contributed by atoms with van der Waals surface area (Å²) in [5.41, 5.74) is 20.1. The van der Waals surface area contributed by atoms with Gasteiger partial charge in [0, 0.05) is 36.9 Å². The van der Waals surface area contributed by atoms with Gasteiger partial charge < -0.3 is 0 Å². The van der Waals surface area contributed by atoms with Gasteiger partial charge in [-0.05, 0) is 155 Å². The van der Waals surface area contributed by atoms with Crippen LogP contribution in [0.15, 0.2) is 189 Å². The highest BCUT2D eigenvalue weighted by Crippen LogP contribution is 2.57. The summed E-state index contributed by atoms with van der Waals surface area (Å²) in [6.45, 7) is 2.17. The van der Waals surface area contributed by atoms with Gasteiger partial charge in [-0.1, -0.05) is 104 Å². The number of nitrogens with zero attached hydrogens (tertiary/aromatic N) is 4. The highest BCUT2D eigenvalue weighted by Gasteiger charge is 2.30. The molecular formula is C53H36N4. The van der Waals surface area contributed by atoms with Crippen molar-refractivity contribution < 1.29 is 0 Å². The van der Waals surface area contributed by atoms with Crippen molar-refractivity contribution in [3.63, 3.8) is 0 Å². The Bertz CT molecular complexity index is 3140. The van der Waals surface area contributed by atoms with Crippen molar-refractivity contribution in [3.05, 3.63) is 194 Å². The third-order valence-electron chi connectivity index (χ3n) is 11.5. The lowest BCUT2D eigenvalue weighted by Crippen LogP contribution is -2.00. The van der Waals surface area contributed by atoms with Crippen LogP contribution in [0.25, 0.3) is 105 Å². The fourth-order valence-corrected chi connectivity index (χ4v) is 8.95. The van der Waals surface area contributed by atoms with E-state index in [2.05, 4.69) is 185 Å². The number of aryl methyl sites for hydroxylation is 1. The van der Waals surface area contributed by atoms with Crippen LogP contribution in [-0.4, -0.2) is 19.5 Å². The molecule has 0 amide bonds. The van der Waals surface area contributed by atoms with Gasteiger partial charge >= 0.3 is 0 Å². The minimum atomic E-state index is 0.841. The third kappa shape index (κ3) is 5.41. The highest BCUT2D eigenvalue weighted by molar-refractivity contribution is 6.22. The van der Waals surface area contributed by atoms with Crippen molar-refractivity contribution in [3.8, 4) is 83.6 Å². The summed E-state index contributed by atoms with van der Waals surface area (Å²) in [6, 6.07) is 59.8. The Morgan fingerprint density at radius 1 is 0.421 bits per heavy atom. The molecule has 7 aromatic carbocycles. The van der Waals surface area contributed by atoms with E-state index in [1.807, 2.05) is 24.8 Å². The highest BCUT2D eigenvalue weighted by atomic mass is 15.1. The van der Waals surface area contributed by atoms with Crippen LogP contribution in [0.2, 0.25) is 0 Å². The zero-order valence-electron chi connectivity index (χ0n) is 31.4. The molecule has 4 heteroatoms. The second-order valence-corrected chi connectivity index (χ2v) is 14.7. The van der Waals surface area contributed by atoms with Crippen molar-refractivity contribution in [2.24, 2.45) is 0 Å². The second-order valence-electron chi connectivity index (χ2n) is 14.7. The zero-order valence-corrected chi connectivity index (χ0v) is 31.4. The van der Waals surface area contributed by atoms with Gasteiger partial charge in [0.05, 0.1) is 11.0 Å². The quantitative estimate of drug-likeness (QED) is 0.164. The van der Waals surface area contributed by atoms with E-state index in [0.29, 0.717) is 0 Å². The number of rotatable bonds is 7. The summed E-state index contributed by atoms with van der Waals surface area (Å²) in [7, 11) is 0. The molecular weight excluding hydrogens is 693 g/mol. The van der Waals surface area contributed by atoms with E-state index in [4.69, 9.17) is 4.98 Å². The summed E-state index contributed by atoms with van der Waals surface area (Å²) in [5, 5.41) is 2.55. The van der Waals surface area contributed by atoms with E-state index in [1.165, 1.54) is 60.8 Å². The van der Waals surface area contributed by atoms with Gasteiger partial charge in [-0.15, -0.1) is 0 Å². The molecule has 0 saturated carbocycles. The molecule has 268 valence electrons. The molecule has 0 radical (unpaired) electrons. The normalized spacial score (nSPS) is 11.7. The Morgan fingerprint density at radius 2 is 1.00 bits per heavy atom. The number of imidazole rings is 1. The first-order valence-electron chi connectivity index (χ1n) is 19.6. The lowest BCUT2D eigenvalue weighted by Gasteiger charge is -2.22. The first-order chi connectivity index (χ1) is 28.2. The van der Waals surface area contributed by atoms with Gasteiger partial charge in [-0.3, -0.25) is 14.5 Å². The molecule has 3 aromatic heterocycles. The molecule has 4 nitrogen and oxygen atoms in total. The van der Waals surface area contributed by atoms with E-state index >= 15 is 0 Å². The molecule has 0 spiro atoms. The van der Waals surface area contributed by atoms with Gasteiger partial charge in [0.15, 0.2) is 0 Å². The standard InChI is InChI=1S/C53H36N4/c1-2-49-56-47-17-3-4-18-48(47)57(49)42-21-19-36(20-22-42)45-33-46(40-13-5-11-38(31-40)34-23-27-54-28-24-34)52-43-15-7-9-37-10-8-16-44(50(37)43)53(52)51(45)41-14-6-12-39(32-41)35-25-29-55-30-26-35/h3-33H,2H2,1H3. The average molecular weight is 729 g/mol. The van der Waals surface area contributed by atoms with Gasteiger partial charge in [0.2, 0.25) is 0 Å². The Kier molecular flexibility index (Phi) is 7.75.